The summed E-state index contributed by atoms with van der Waals surface area (Å²) in [5.74, 6) is 2.47. The van der Waals surface area contributed by atoms with Gasteiger partial charge >= 0.3 is 0 Å². The van der Waals surface area contributed by atoms with E-state index in [2.05, 4.69) is 46.6 Å². The number of nitrogens with one attached hydrogen (secondary N) is 2. The van der Waals surface area contributed by atoms with E-state index in [-0.39, 0.29) is 0 Å². The molecule has 4 heteroatoms. The number of aromatic nitrogens is 2. The van der Waals surface area contributed by atoms with Gasteiger partial charge in [-0.1, -0.05) is 30.3 Å². The van der Waals surface area contributed by atoms with Crippen LogP contribution < -0.4 is 10.6 Å². The molecule has 1 aromatic heterocycles. The van der Waals surface area contributed by atoms with E-state index in [4.69, 9.17) is 0 Å². The van der Waals surface area contributed by atoms with Crippen LogP contribution in [0.25, 0.3) is 0 Å². The number of anilines is 2. The highest BCUT2D eigenvalue weighted by molar-refractivity contribution is 5.48. The van der Waals surface area contributed by atoms with Crippen LogP contribution in [-0.4, -0.2) is 16.0 Å². The summed E-state index contributed by atoms with van der Waals surface area (Å²) in [5.41, 5.74) is 1.23. The Bertz CT molecular complexity index is 523. The van der Waals surface area contributed by atoms with Gasteiger partial charge in [0.05, 0.1) is 0 Å². The molecule has 0 unspecified atom stereocenters. The Hall–Kier alpha value is -2.10. The molecule has 0 saturated heterocycles. The van der Waals surface area contributed by atoms with Gasteiger partial charge in [0, 0.05) is 18.7 Å². The third-order valence-electron chi connectivity index (χ3n) is 2.59. The minimum Gasteiger partial charge on any atom is -0.368 e. The molecule has 0 aliphatic heterocycles. The largest absolute Gasteiger partial charge is 0.368 e. The molecule has 0 saturated carbocycles. The van der Waals surface area contributed by atoms with Crippen molar-refractivity contribution in [1.82, 2.24) is 9.97 Å². The molecule has 19 heavy (non-hydrogen) atoms. The summed E-state index contributed by atoms with van der Waals surface area (Å²) in [6, 6.07) is 12.6. The number of hydrogen-bond donors (Lipinski definition) is 2. The van der Waals surface area contributed by atoms with Crippen LogP contribution in [0.4, 0.5) is 11.6 Å². The maximum atomic E-state index is 4.39. The molecule has 0 radical (unpaired) electrons. The monoisotopic (exact) mass is 256 g/mol. The Balaban J connectivity index is 2.05. The fourth-order valence-electron chi connectivity index (χ4n) is 1.82. The van der Waals surface area contributed by atoms with Gasteiger partial charge < -0.3 is 10.6 Å². The van der Waals surface area contributed by atoms with Gasteiger partial charge in [0.15, 0.2) is 0 Å². The van der Waals surface area contributed by atoms with Crippen LogP contribution in [0.5, 0.6) is 0 Å². The first-order valence-electron chi connectivity index (χ1n) is 6.53. The Morgan fingerprint density at radius 3 is 2.42 bits per heavy atom. The standard InChI is InChI=1S/C15H20N4/c1-11(2)17-15-9-14(18-12(3)19-15)16-10-13-7-5-4-6-8-13/h4-9,11H,10H2,1-3H3,(H2,16,17,18,19). The van der Waals surface area contributed by atoms with Gasteiger partial charge in [-0.25, -0.2) is 9.97 Å². The van der Waals surface area contributed by atoms with Crippen molar-refractivity contribution in [3.05, 3.63) is 47.8 Å². The average Bonchev–Trinajstić information content (AvgIpc) is 2.36. The van der Waals surface area contributed by atoms with Crippen molar-refractivity contribution in [2.24, 2.45) is 0 Å². The molecule has 0 aliphatic rings. The van der Waals surface area contributed by atoms with Gasteiger partial charge in [0.2, 0.25) is 0 Å². The first-order valence-corrected chi connectivity index (χ1v) is 6.53. The number of nitrogens with zero attached hydrogens (tertiary/aromatic N) is 2. The van der Waals surface area contributed by atoms with Crippen molar-refractivity contribution < 1.29 is 0 Å². The Labute approximate surface area is 114 Å². The number of rotatable bonds is 5. The van der Waals surface area contributed by atoms with Crippen LogP contribution in [0.2, 0.25) is 0 Å². The smallest absolute Gasteiger partial charge is 0.132 e. The van der Waals surface area contributed by atoms with Crippen molar-refractivity contribution in [2.75, 3.05) is 10.6 Å². The van der Waals surface area contributed by atoms with Gasteiger partial charge in [0.25, 0.3) is 0 Å². The summed E-state index contributed by atoms with van der Waals surface area (Å²) < 4.78 is 0. The highest BCUT2D eigenvalue weighted by Crippen LogP contribution is 2.13. The summed E-state index contributed by atoms with van der Waals surface area (Å²) in [7, 11) is 0. The van der Waals surface area contributed by atoms with Crippen LogP contribution >= 0.6 is 0 Å². The van der Waals surface area contributed by atoms with Crippen LogP contribution in [-0.2, 0) is 6.54 Å². The summed E-state index contributed by atoms with van der Waals surface area (Å²) >= 11 is 0. The molecule has 2 aromatic rings. The predicted octanol–water partition coefficient (Wildman–Crippen LogP) is 3.22. The molecular weight excluding hydrogens is 236 g/mol. The highest BCUT2D eigenvalue weighted by Gasteiger charge is 2.03. The summed E-state index contributed by atoms with van der Waals surface area (Å²) in [6.07, 6.45) is 0. The Morgan fingerprint density at radius 2 is 1.74 bits per heavy atom. The van der Waals surface area contributed by atoms with Gasteiger partial charge in [-0.05, 0) is 26.3 Å². The molecule has 0 aliphatic carbocycles. The van der Waals surface area contributed by atoms with Crippen molar-refractivity contribution in [3.8, 4) is 0 Å². The highest BCUT2D eigenvalue weighted by atomic mass is 15.1. The number of benzene rings is 1. The molecule has 100 valence electrons. The fourth-order valence-corrected chi connectivity index (χ4v) is 1.82. The number of aryl methyl sites for hydroxylation is 1. The lowest BCUT2D eigenvalue weighted by atomic mass is 10.2. The predicted molar refractivity (Wildman–Crippen MR) is 79.3 cm³/mol. The van der Waals surface area contributed by atoms with Crippen molar-refractivity contribution in [3.63, 3.8) is 0 Å². The lowest BCUT2D eigenvalue weighted by Crippen LogP contribution is -2.13. The molecule has 0 amide bonds. The zero-order valence-electron chi connectivity index (χ0n) is 11.6. The molecule has 2 rings (SSSR count). The minimum atomic E-state index is 0.358. The van der Waals surface area contributed by atoms with E-state index in [1.54, 1.807) is 0 Å². The Kier molecular flexibility index (Phi) is 4.34. The third-order valence-corrected chi connectivity index (χ3v) is 2.59. The van der Waals surface area contributed by atoms with Crippen LogP contribution in [0, 0.1) is 6.92 Å². The van der Waals surface area contributed by atoms with Gasteiger partial charge in [-0.2, -0.15) is 0 Å². The molecule has 1 heterocycles. The van der Waals surface area contributed by atoms with Crippen LogP contribution in [0.1, 0.15) is 25.2 Å². The van der Waals surface area contributed by atoms with E-state index in [9.17, 15) is 0 Å². The average molecular weight is 256 g/mol. The van der Waals surface area contributed by atoms with E-state index >= 15 is 0 Å². The van der Waals surface area contributed by atoms with Crippen LogP contribution in [0.15, 0.2) is 36.4 Å². The SMILES string of the molecule is Cc1nc(NCc2ccccc2)cc(NC(C)C)n1. The van der Waals surface area contributed by atoms with Gasteiger partial charge in [-0.3, -0.25) is 0 Å². The second kappa shape index (κ2) is 6.18. The third kappa shape index (κ3) is 4.25. The molecule has 0 fully saturated rings. The second-order valence-corrected chi connectivity index (χ2v) is 4.82. The van der Waals surface area contributed by atoms with E-state index in [0.717, 1.165) is 24.0 Å². The first kappa shape index (κ1) is 13.3. The molecule has 4 nitrogen and oxygen atoms in total. The summed E-state index contributed by atoms with van der Waals surface area (Å²) in [5, 5.41) is 6.62. The van der Waals surface area contributed by atoms with E-state index in [1.165, 1.54) is 5.56 Å². The molecule has 0 bridgehead atoms. The topological polar surface area (TPSA) is 49.8 Å². The van der Waals surface area contributed by atoms with Crippen LogP contribution in [0.3, 0.4) is 0 Å². The quantitative estimate of drug-likeness (QED) is 0.862. The maximum Gasteiger partial charge on any atom is 0.132 e. The Morgan fingerprint density at radius 1 is 1.05 bits per heavy atom. The number of hydrogen-bond acceptors (Lipinski definition) is 4. The first-order chi connectivity index (χ1) is 9.13. The maximum absolute atomic E-state index is 4.39. The molecule has 0 atom stereocenters. The summed E-state index contributed by atoms with van der Waals surface area (Å²) in [4.78, 5) is 8.76. The van der Waals surface area contributed by atoms with E-state index in [1.807, 2.05) is 31.2 Å². The molecule has 1 aromatic carbocycles. The second-order valence-electron chi connectivity index (χ2n) is 4.82. The lowest BCUT2D eigenvalue weighted by Gasteiger charge is -2.12. The zero-order valence-corrected chi connectivity index (χ0v) is 11.6. The lowest BCUT2D eigenvalue weighted by molar-refractivity contribution is 0.880. The minimum absolute atomic E-state index is 0.358. The van der Waals surface area contributed by atoms with Gasteiger partial charge in [-0.15, -0.1) is 0 Å². The van der Waals surface area contributed by atoms with Crippen molar-refractivity contribution in [1.29, 1.82) is 0 Å². The fraction of sp³-hybridized carbons (Fsp3) is 0.333. The molecule has 0 spiro atoms. The van der Waals surface area contributed by atoms with Crippen molar-refractivity contribution >= 4 is 11.6 Å². The molecule has 2 N–H and O–H groups in total. The summed E-state index contributed by atoms with van der Waals surface area (Å²) in [6.45, 7) is 6.85. The van der Waals surface area contributed by atoms with E-state index in [0.29, 0.717) is 6.04 Å². The zero-order chi connectivity index (χ0) is 13.7. The molecular formula is C15H20N4. The van der Waals surface area contributed by atoms with Crippen molar-refractivity contribution in [2.45, 2.75) is 33.4 Å². The van der Waals surface area contributed by atoms with Gasteiger partial charge in [0.1, 0.15) is 17.5 Å². The normalized spacial score (nSPS) is 10.5. The van der Waals surface area contributed by atoms with E-state index < -0.39 is 0 Å².